The molecule has 2 aromatic rings. The Morgan fingerprint density at radius 2 is 1.80 bits per heavy atom. The molecule has 0 aliphatic carbocycles. The molecule has 0 saturated heterocycles. The van der Waals surface area contributed by atoms with Crippen molar-refractivity contribution in [2.45, 2.75) is 26.4 Å². The quantitative estimate of drug-likeness (QED) is 0.842. The summed E-state index contributed by atoms with van der Waals surface area (Å²) in [6.45, 7) is 5.53. The molecule has 0 aromatic heterocycles. The van der Waals surface area contributed by atoms with Crippen molar-refractivity contribution in [3.63, 3.8) is 0 Å². The van der Waals surface area contributed by atoms with Gasteiger partial charge in [0.2, 0.25) is 0 Å². The highest BCUT2D eigenvalue weighted by molar-refractivity contribution is 5.35. The lowest BCUT2D eigenvalue weighted by Gasteiger charge is -2.18. The van der Waals surface area contributed by atoms with Gasteiger partial charge in [-0.2, -0.15) is 0 Å². The first-order chi connectivity index (χ1) is 9.70. The molecule has 3 nitrogen and oxygen atoms in total. The van der Waals surface area contributed by atoms with Crippen LogP contribution in [-0.4, -0.2) is 11.7 Å². The largest absolute Gasteiger partial charge is 0.508 e. The minimum atomic E-state index is 0.201. The second kappa shape index (κ2) is 6.96. The average Bonchev–Trinajstić information content (AvgIpc) is 2.47. The van der Waals surface area contributed by atoms with Gasteiger partial charge in [-0.3, -0.25) is 0 Å². The van der Waals surface area contributed by atoms with E-state index in [1.807, 2.05) is 37.3 Å². The molecule has 0 saturated carbocycles. The van der Waals surface area contributed by atoms with Crippen molar-refractivity contribution in [1.29, 1.82) is 0 Å². The molecule has 0 spiro atoms. The molecule has 20 heavy (non-hydrogen) atoms. The average molecular weight is 271 g/mol. The zero-order valence-electron chi connectivity index (χ0n) is 12.0. The Bertz CT molecular complexity index is 537. The van der Waals surface area contributed by atoms with Crippen LogP contribution in [0, 0.1) is 0 Å². The summed E-state index contributed by atoms with van der Waals surface area (Å²) in [6, 6.07) is 15.5. The third-order valence-corrected chi connectivity index (χ3v) is 3.23. The Morgan fingerprint density at radius 3 is 2.50 bits per heavy atom. The van der Waals surface area contributed by atoms with E-state index in [2.05, 4.69) is 18.3 Å². The van der Waals surface area contributed by atoms with Crippen molar-refractivity contribution in [3.05, 3.63) is 59.7 Å². The highest BCUT2D eigenvalue weighted by Gasteiger charge is 2.10. The van der Waals surface area contributed by atoms with Crippen molar-refractivity contribution >= 4 is 0 Å². The number of para-hydroxylation sites is 1. The van der Waals surface area contributed by atoms with Gasteiger partial charge in [0, 0.05) is 18.2 Å². The topological polar surface area (TPSA) is 41.5 Å². The number of nitrogens with one attached hydrogen (secondary N) is 1. The molecule has 0 aliphatic rings. The maximum absolute atomic E-state index is 9.27. The first-order valence-corrected chi connectivity index (χ1v) is 6.93. The van der Waals surface area contributed by atoms with Gasteiger partial charge in [-0.15, -0.1) is 0 Å². The molecule has 106 valence electrons. The predicted octanol–water partition coefficient (Wildman–Crippen LogP) is 3.64. The summed E-state index contributed by atoms with van der Waals surface area (Å²) in [7, 11) is 0. The summed E-state index contributed by atoms with van der Waals surface area (Å²) in [5.41, 5.74) is 2.30. The van der Waals surface area contributed by atoms with Crippen LogP contribution in [0.5, 0.6) is 11.5 Å². The number of ether oxygens (including phenoxy) is 1. The Labute approximate surface area is 120 Å². The molecule has 2 N–H and O–H groups in total. The number of aromatic hydroxyl groups is 1. The number of benzene rings is 2. The zero-order valence-corrected chi connectivity index (χ0v) is 12.0. The normalized spacial score (nSPS) is 12.1. The van der Waals surface area contributed by atoms with Gasteiger partial charge >= 0.3 is 0 Å². The molecular formula is C17H21NO2. The van der Waals surface area contributed by atoms with E-state index in [0.29, 0.717) is 12.4 Å². The van der Waals surface area contributed by atoms with E-state index in [0.717, 1.165) is 23.4 Å². The van der Waals surface area contributed by atoms with E-state index < -0.39 is 0 Å². The number of phenolic OH excluding ortho intramolecular Hbond substituents is 1. The summed E-state index contributed by atoms with van der Waals surface area (Å²) < 4.78 is 5.65. The Morgan fingerprint density at radius 1 is 1.10 bits per heavy atom. The molecule has 0 aliphatic heterocycles. The molecule has 0 heterocycles. The lowest BCUT2D eigenvalue weighted by atomic mass is 10.1. The van der Waals surface area contributed by atoms with E-state index in [4.69, 9.17) is 4.74 Å². The third-order valence-electron chi connectivity index (χ3n) is 3.23. The predicted molar refractivity (Wildman–Crippen MR) is 81.0 cm³/mol. The van der Waals surface area contributed by atoms with E-state index in [-0.39, 0.29) is 6.04 Å². The first kappa shape index (κ1) is 14.4. The standard InChI is InChI=1S/C17H21NO2/c1-3-20-17-7-5-4-6-16(17)13(2)18-12-14-8-10-15(19)11-9-14/h4-11,13,18-19H,3,12H2,1-2H3. The van der Waals surface area contributed by atoms with Gasteiger partial charge in [0.15, 0.2) is 0 Å². The second-order valence-electron chi connectivity index (χ2n) is 4.74. The first-order valence-electron chi connectivity index (χ1n) is 6.93. The Balaban J connectivity index is 2.01. The van der Waals surface area contributed by atoms with Gasteiger partial charge < -0.3 is 15.2 Å². The third kappa shape index (κ3) is 3.75. The van der Waals surface area contributed by atoms with Crippen LogP contribution >= 0.6 is 0 Å². The second-order valence-corrected chi connectivity index (χ2v) is 4.74. The van der Waals surface area contributed by atoms with E-state index in [1.165, 1.54) is 0 Å². The van der Waals surface area contributed by atoms with Gasteiger partial charge in [0.25, 0.3) is 0 Å². The van der Waals surface area contributed by atoms with Gasteiger partial charge in [-0.25, -0.2) is 0 Å². The summed E-state index contributed by atoms with van der Waals surface area (Å²) in [6.07, 6.45) is 0. The molecule has 1 atom stereocenters. The summed E-state index contributed by atoms with van der Waals surface area (Å²) in [5.74, 6) is 1.23. The molecule has 0 bridgehead atoms. The molecule has 0 amide bonds. The van der Waals surface area contributed by atoms with Gasteiger partial charge in [0.1, 0.15) is 11.5 Å². The molecule has 3 heteroatoms. The Hall–Kier alpha value is -2.00. The minimum Gasteiger partial charge on any atom is -0.508 e. The van der Waals surface area contributed by atoms with Crippen molar-refractivity contribution in [2.24, 2.45) is 0 Å². The fourth-order valence-corrected chi connectivity index (χ4v) is 2.12. The van der Waals surface area contributed by atoms with Crippen LogP contribution in [0.15, 0.2) is 48.5 Å². The number of rotatable bonds is 6. The van der Waals surface area contributed by atoms with Crippen LogP contribution < -0.4 is 10.1 Å². The summed E-state index contributed by atoms with van der Waals surface area (Å²) >= 11 is 0. The summed E-state index contributed by atoms with van der Waals surface area (Å²) in [5, 5.41) is 12.7. The van der Waals surface area contributed by atoms with Crippen LogP contribution in [0.25, 0.3) is 0 Å². The minimum absolute atomic E-state index is 0.201. The van der Waals surface area contributed by atoms with Crippen LogP contribution in [0.2, 0.25) is 0 Å². The van der Waals surface area contributed by atoms with Crippen molar-refractivity contribution in [2.75, 3.05) is 6.61 Å². The van der Waals surface area contributed by atoms with Gasteiger partial charge in [-0.05, 0) is 37.6 Å². The van der Waals surface area contributed by atoms with Crippen molar-refractivity contribution < 1.29 is 9.84 Å². The smallest absolute Gasteiger partial charge is 0.124 e. The lowest BCUT2D eigenvalue weighted by Crippen LogP contribution is -2.18. The highest BCUT2D eigenvalue weighted by Crippen LogP contribution is 2.25. The monoisotopic (exact) mass is 271 g/mol. The number of phenols is 1. The molecule has 0 radical (unpaired) electrons. The van der Waals surface area contributed by atoms with E-state index >= 15 is 0 Å². The number of hydrogen-bond donors (Lipinski definition) is 2. The highest BCUT2D eigenvalue weighted by atomic mass is 16.5. The lowest BCUT2D eigenvalue weighted by molar-refractivity contribution is 0.332. The maximum Gasteiger partial charge on any atom is 0.124 e. The molecule has 1 unspecified atom stereocenters. The van der Waals surface area contributed by atoms with E-state index in [1.54, 1.807) is 12.1 Å². The maximum atomic E-state index is 9.27. The van der Waals surface area contributed by atoms with Crippen molar-refractivity contribution in [3.8, 4) is 11.5 Å². The van der Waals surface area contributed by atoms with Crippen molar-refractivity contribution in [1.82, 2.24) is 5.32 Å². The van der Waals surface area contributed by atoms with Crippen LogP contribution in [0.4, 0.5) is 0 Å². The molecule has 0 fully saturated rings. The Kier molecular flexibility index (Phi) is 5.02. The van der Waals surface area contributed by atoms with Gasteiger partial charge in [-0.1, -0.05) is 30.3 Å². The summed E-state index contributed by atoms with van der Waals surface area (Å²) in [4.78, 5) is 0. The number of hydrogen-bond acceptors (Lipinski definition) is 3. The van der Waals surface area contributed by atoms with Crippen LogP contribution in [-0.2, 0) is 6.54 Å². The van der Waals surface area contributed by atoms with Crippen LogP contribution in [0.1, 0.15) is 31.0 Å². The van der Waals surface area contributed by atoms with Gasteiger partial charge in [0.05, 0.1) is 6.61 Å². The van der Waals surface area contributed by atoms with Crippen LogP contribution in [0.3, 0.4) is 0 Å². The fourth-order valence-electron chi connectivity index (χ4n) is 2.12. The zero-order chi connectivity index (χ0) is 14.4. The molecular weight excluding hydrogens is 250 g/mol. The molecule has 2 rings (SSSR count). The molecule has 2 aromatic carbocycles. The SMILES string of the molecule is CCOc1ccccc1C(C)NCc1ccc(O)cc1. The van der Waals surface area contributed by atoms with E-state index in [9.17, 15) is 5.11 Å². The fraction of sp³-hybridized carbons (Fsp3) is 0.294.